The van der Waals surface area contributed by atoms with Crippen molar-refractivity contribution in [1.82, 2.24) is 5.32 Å². The lowest BCUT2D eigenvalue weighted by molar-refractivity contribution is -0.115. The summed E-state index contributed by atoms with van der Waals surface area (Å²) < 4.78 is 10.2. The fourth-order valence-corrected chi connectivity index (χ4v) is 1.60. The molecule has 0 fully saturated rings. The number of ether oxygens (including phenoxy) is 2. The Balaban J connectivity index is 2.57. The molecule has 0 heterocycles. The molecule has 7 heteroatoms. The van der Waals surface area contributed by atoms with Crippen molar-refractivity contribution < 1.29 is 24.2 Å². The second kappa shape index (κ2) is 7.65. The Morgan fingerprint density at radius 2 is 1.95 bits per heavy atom. The summed E-state index contributed by atoms with van der Waals surface area (Å²) in [6, 6.07) is 4.91. The SMILES string of the molecule is COc1cc(CO)ccc1NC(=O)CNC(=O)OC(C)(C)C. The van der Waals surface area contributed by atoms with Gasteiger partial charge in [-0.3, -0.25) is 4.79 Å². The molecule has 0 aliphatic rings. The molecule has 0 aromatic heterocycles. The lowest BCUT2D eigenvalue weighted by Gasteiger charge is -2.19. The van der Waals surface area contributed by atoms with Gasteiger partial charge in [-0.05, 0) is 38.5 Å². The Morgan fingerprint density at radius 3 is 2.50 bits per heavy atom. The minimum Gasteiger partial charge on any atom is -0.495 e. The highest BCUT2D eigenvalue weighted by Gasteiger charge is 2.17. The fourth-order valence-electron chi connectivity index (χ4n) is 1.60. The number of nitrogens with one attached hydrogen (secondary N) is 2. The molecule has 122 valence electrons. The molecule has 2 amide bonds. The number of alkyl carbamates (subject to hydrolysis) is 1. The van der Waals surface area contributed by atoms with Gasteiger partial charge in [-0.2, -0.15) is 0 Å². The third kappa shape index (κ3) is 6.01. The molecule has 0 unspecified atom stereocenters. The highest BCUT2D eigenvalue weighted by molar-refractivity contribution is 5.95. The number of methoxy groups -OCH3 is 1. The first kappa shape index (κ1) is 17.8. The Hall–Kier alpha value is -2.28. The van der Waals surface area contributed by atoms with Crippen molar-refractivity contribution in [3.05, 3.63) is 23.8 Å². The second-order valence-electron chi connectivity index (χ2n) is 5.60. The summed E-state index contributed by atoms with van der Waals surface area (Å²) >= 11 is 0. The van der Waals surface area contributed by atoms with Crippen LogP contribution in [0.15, 0.2) is 18.2 Å². The Bertz CT molecular complexity index is 537. The van der Waals surface area contributed by atoms with E-state index in [1.54, 1.807) is 39.0 Å². The average Bonchev–Trinajstić information content (AvgIpc) is 2.43. The number of carbonyl (C=O) groups excluding carboxylic acids is 2. The van der Waals surface area contributed by atoms with E-state index in [0.29, 0.717) is 17.0 Å². The van der Waals surface area contributed by atoms with Crippen molar-refractivity contribution in [2.24, 2.45) is 0 Å². The average molecular weight is 310 g/mol. The molecule has 0 saturated heterocycles. The third-order valence-corrected chi connectivity index (χ3v) is 2.51. The fraction of sp³-hybridized carbons (Fsp3) is 0.467. The maximum absolute atomic E-state index is 11.8. The van der Waals surface area contributed by atoms with Gasteiger partial charge in [-0.25, -0.2) is 4.79 Å². The third-order valence-electron chi connectivity index (χ3n) is 2.51. The molecule has 1 aromatic carbocycles. The van der Waals surface area contributed by atoms with Gasteiger partial charge in [0.1, 0.15) is 17.9 Å². The number of aliphatic hydroxyl groups excluding tert-OH is 1. The highest BCUT2D eigenvalue weighted by Crippen LogP contribution is 2.25. The van der Waals surface area contributed by atoms with E-state index in [-0.39, 0.29) is 13.2 Å². The van der Waals surface area contributed by atoms with Crippen molar-refractivity contribution in [3.63, 3.8) is 0 Å². The summed E-state index contributed by atoms with van der Waals surface area (Å²) in [6.45, 7) is 4.87. The number of anilines is 1. The van der Waals surface area contributed by atoms with Crippen molar-refractivity contribution in [3.8, 4) is 5.75 Å². The monoisotopic (exact) mass is 310 g/mol. The molecule has 0 bridgehead atoms. The molecule has 0 saturated carbocycles. The van der Waals surface area contributed by atoms with Crippen LogP contribution in [0.5, 0.6) is 5.75 Å². The minimum absolute atomic E-state index is 0.120. The lowest BCUT2D eigenvalue weighted by atomic mass is 10.2. The van der Waals surface area contributed by atoms with E-state index in [0.717, 1.165) is 0 Å². The summed E-state index contributed by atoms with van der Waals surface area (Å²) in [6.07, 6.45) is -0.662. The lowest BCUT2D eigenvalue weighted by Crippen LogP contribution is -2.37. The molecule has 0 atom stereocenters. The maximum Gasteiger partial charge on any atom is 0.408 e. The van der Waals surface area contributed by atoms with Crippen LogP contribution in [0.4, 0.5) is 10.5 Å². The number of hydrogen-bond donors (Lipinski definition) is 3. The molecule has 1 rings (SSSR count). The number of amides is 2. The predicted octanol–water partition coefficient (Wildman–Crippen LogP) is 1.65. The molecule has 7 nitrogen and oxygen atoms in total. The molecule has 0 radical (unpaired) electrons. The van der Waals surface area contributed by atoms with Gasteiger partial charge in [0.15, 0.2) is 0 Å². The summed E-state index contributed by atoms with van der Waals surface area (Å²) in [4.78, 5) is 23.3. The Labute approximate surface area is 129 Å². The van der Waals surface area contributed by atoms with E-state index >= 15 is 0 Å². The Kier molecular flexibility index (Phi) is 6.18. The molecule has 0 aliphatic heterocycles. The number of rotatable bonds is 5. The van der Waals surface area contributed by atoms with Crippen molar-refractivity contribution in [2.75, 3.05) is 19.0 Å². The maximum atomic E-state index is 11.8. The summed E-state index contributed by atoms with van der Waals surface area (Å²) in [5, 5.41) is 14.0. The quantitative estimate of drug-likeness (QED) is 0.768. The van der Waals surface area contributed by atoms with Gasteiger partial charge in [0.05, 0.1) is 19.4 Å². The largest absolute Gasteiger partial charge is 0.495 e. The van der Waals surface area contributed by atoms with E-state index in [2.05, 4.69) is 10.6 Å². The van der Waals surface area contributed by atoms with Gasteiger partial charge in [0.2, 0.25) is 5.91 Å². The molecule has 0 spiro atoms. The van der Waals surface area contributed by atoms with Gasteiger partial charge in [0.25, 0.3) is 0 Å². The van der Waals surface area contributed by atoms with Gasteiger partial charge in [-0.1, -0.05) is 6.07 Å². The van der Waals surface area contributed by atoms with E-state index in [9.17, 15) is 9.59 Å². The van der Waals surface area contributed by atoms with Crippen LogP contribution in [0.25, 0.3) is 0 Å². The van der Waals surface area contributed by atoms with Crippen molar-refractivity contribution in [2.45, 2.75) is 33.0 Å². The van der Waals surface area contributed by atoms with E-state index < -0.39 is 17.6 Å². The molecule has 0 aliphatic carbocycles. The first-order valence-corrected chi connectivity index (χ1v) is 6.79. The number of carbonyl (C=O) groups is 2. The van der Waals surface area contributed by atoms with Crippen LogP contribution in [0.1, 0.15) is 26.3 Å². The van der Waals surface area contributed by atoms with Gasteiger partial charge in [-0.15, -0.1) is 0 Å². The molecule has 22 heavy (non-hydrogen) atoms. The summed E-state index contributed by atoms with van der Waals surface area (Å²) in [7, 11) is 1.46. The molecule has 3 N–H and O–H groups in total. The zero-order valence-corrected chi connectivity index (χ0v) is 13.2. The van der Waals surface area contributed by atoms with Crippen LogP contribution in [0, 0.1) is 0 Å². The standard InChI is InChI=1S/C15H22N2O5/c1-15(2,3)22-14(20)16-8-13(19)17-11-6-5-10(9-18)7-12(11)21-4/h5-7,18H,8-9H2,1-4H3,(H,16,20)(H,17,19). The normalized spacial score (nSPS) is 10.8. The Morgan fingerprint density at radius 1 is 1.27 bits per heavy atom. The zero-order chi connectivity index (χ0) is 16.8. The van der Waals surface area contributed by atoms with Gasteiger partial charge in [0, 0.05) is 0 Å². The summed E-state index contributed by atoms with van der Waals surface area (Å²) in [5.41, 5.74) is 0.501. The van der Waals surface area contributed by atoms with Crippen LogP contribution >= 0.6 is 0 Å². The smallest absolute Gasteiger partial charge is 0.408 e. The van der Waals surface area contributed by atoms with Crippen LogP contribution in [-0.2, 0) is 16.1 Å². The molecule has 1 aromatic rings. The summed E-state index contributed by atoms with van der Waals surface area (Å²) in [5.74, 6) is 0.0121. The number of hydrogen-bond acceptors (Lipinski definition) is 5. The second-order valence-corrected chi connectivity index (χ2v) is 5.60. The van der Waals surface area contributed by atoms with Gasteiger partial charge < -0.3 is 25.2 Å². The van der Waals surface area contributed by atoms with Crippen LogP contribution in [0.3, 0.4) is 0 Å². The topological polar surface area (TPSA) is 96.9 Å². The minimum atomic E-state index is -0.662. The number of benzene rings is 1. The first-order valence-electron chi connectivity index (χ1n) is 6.79. The van der Waals surface area contributed by atoms with Crippen LogP contribution in [-0.4, -0.2) is 36.4 Å². The van der Waals surface area contributed by atoms with E-state index in [1.165, 1.54) is 7.11 Å². The molecular formula is C15H22N2O5. The zero-order valence-electron chi connectivity index (χ0n) is 13.2. The highest BCUT2D eigenvalue weighted by atomic mass is 16.6. The van der Waals surface area contributed by atoms with Crippen LogP contribution in [0.2, 0.25) is 0 Å². The molecular weight excluding hydrogens is 288 g/mol. The first-order chi connectivity index (χ1) is 10.2. The van der Waals surface area contributed by atoms with Crippen LogP contribution < -0.4 is 15.4 Å². The van der Waals surface area contributed by atoms with E-state index in [4.69, 9.17) is 14.6 Å². The predicted molar refractivity (Wildman–Crippen MR) is 81.8 cm³/mol. The van der Waals surface area contributed by atoms with Crippen molar-refractivity contribution >= 4 is 17.7 Å². The van der Waals surface area contributed by atoms with Crippen molar-refractivity contribution in [1.29, 1.82) is 0 Å². The number of aliphatic hydroxyl groups is 1. The van der Waals surface area contributed by atoms with E-state index in [1.807, 2.05) is 0 Å². The van der Waals surface area contributed by atoms with Gasteiger partial charge >= 0.3 is 6.09 Å².